The minimum absolute atomic E-state index is 0.0794. The lowest BCUT2D eigenvalue weighted by Crippen LogP contribution is -2.42. The number of fused-ring (bicyclic) bond motifs is 3. The van der Waals surface area contributed by atoms with Crippen molar-refractivity contribution < 1.29 is 4.79 Å². The Labute approximate surface area is 81.2 Å². The van der Waals surface area contributed by atoms with Crippen LogP contribution >= 0.6 is 0 Å². The topological polar surface area (TPSA) is 44.7 Å². The number of amides is 1. The van der Waals surface area contributed by atoms with Gasteiger partial charge in [0.25, 0.3) is 5.91 Å². The molecule has 0 saturated carbocycles. The van der Waals surface area contributed by atoms with Gasteiger partial charge in [0, 0.05) is 12.2 Å². The van der Waals surface area contributed by atoms with Gasteiger partial charge in [0.15, 0.2) is 0 Å². The molecule has 0 aliphatic carbocycles. The van der Waals surface area contributed by atoms with E-state index in [0.29, 0.717) is 12.5 Å². The normalized spacial score (nSPS) is 18.4. The lowest BCUT2D eigenvalue weighted by atomic mass is 10.1. The molecule has 0 atom stereocenters. The van der Waals surface area contributed by atoms with Crippen molar-refractivity contribution in [3.05, 3.63) is 29.8 Å². The Balaban J connectivity index is 2.12. The maximum atomic E-state index is 11.2. The molecule has 0 radical (unpaired) electrons. The molecule has 0 saturated heterocycles. The summed E-state index contributed by atoms with van der Waals surface area (Å²) in [5, 5.41) is 3.12. The zero-order chi connectivity index (χ0) is 9.54. The maximum absolute atomic E-state index is 11.2. The van der Waals surface area contributed by atoms with E-state index >= 15 is 0 Å². The van der Waals surface area contributed by atoms with Crippen molar-refractivity contribution in [2.75, 3.05) is 11.4 Å². The highest BCUT2D eigenvalue weighted by atomic mass is 16.2. The Morgan fingerprint density at radius 1 is 1.36 bits per heavy atom. The average molecular weight is 187 g/mol. The first-order valence-corrected chi connectivity index (χ1v) is 4.55. The Hall–Kier alpha value is -1.84. The molecule has 0 unspecified atom stereocenters. The van der Waals surface area contributed by atoms with Crippen LogP contribution in [0.2, 0.25) is 0 Å². The van der Waals surface area contributed by atoms with Crippen LogP contribution in [-0.2, 0) is 11.3 Å². The van der Waals surface area contributed by atoms with Crippen molar-refractivity contribution >= 4 is 17.6 Å². The van der Waals surface area contributed by atoms with Crippen LogP contribution in [0.15, 0.2) is 29.3 Å². The summed E-state index contributed by atoms with van der Waals surface area (Å²) in [5.74, 6) is 0.609. The van der Waals surface area contributed by atoms with Crippen LogP contribution in [0.5, 0.6) is 0 Å². The van der Waals surface area contributed by atoms with E-state index in [0.717, 1.165) is 12.2 Å². The van der Waals surface area contributed by atoms with Crippen LogP contribution in [0.25, 0.3) is 0 Å². The van der Waals surface area contributed by atoms with Crippen molar-refractivity contribution in [1.82, 2.24) is 5.32 Å². The molecule has 4 nitrogen and oxygen atoms in total. The van der Waals surface area contributed by atoms with Gasteiger partial charge in [-0.25, -0.2) is 0 Å². The Morgan fingerprint density at radius 2 is 2.21 bits per heavy atom. The fraction of sp³-hybridized carbons (Fsp3) is 0.200. The van der Waals surface area contributed by atoms with Gasteiger partial charge in [-0.3, -0.25) is 4.79 Å². The number of guanidine groups is 1. The van der Waals surface area contributed by atoms with Gasteiger partial charge >= 0.3 is 0 Å². The van der Waals surface area contributed by atoms with Gasteiger partial charge in [-0.2, -0.15) is 4.99 Å². The van der Waals surface area contributed by atoms with Crippen molar-refractivity contribution in [3.63, 3.8) is 0 Å². The molecular weight excluding hydrogens is 178 g/mol. The molecule has 1 amide bonds. The second-order valence-corrected chi connectivity index (χ2v) is 3.40. The minimum Gasteiger partial charge on any atom is -0.351 e. The molecule has 1 N–H and O–H groups in total. The number of aliphatic imine (C=N–C) groups is 1. The number of hydrogen-bond acceptors (Lipinski definition) is 3. The zero-order valence-corrected chi connectivity index (χ0v) is 7.53. The molecule has 2 aliphatic heterocycles. The van der Waals surface area contributed by atoms with Gasteiger partial charge < -0.3 is 10.2 Å². The van der Waals surface area contributed by atoms with Crippen LogP contribution < -0.4 is 10.2 Å². The fourth-order valence-corrected chi connectivity index (χ4v) is 1.86. The van der Waals surface area contributed by atoms with Crippen LogP contribution in [0.3, 0.4) is 0 Å². The van der Waals surface area contributed by atoms with Gasteiger partial charge in [0.05, 0.1) is 0 Å². The van der Waals surface area contributed by atoms with E-state index in [1.165, 1.54) is 5.56 Å². The van der Waals surface area contributed by atoms with E-state index in [-0.39, 0.29) is 5.91 Å². The number of rotatable bonds is 0. The molecule has 0 fully saturated rings. The molecule has 0 bridgehead atoms. The summed E-state index contributed by atoms with van der Waals surface area (Å²) in [6.07, 6.45) is 0. The van der Waals surface area contributed by atoms with E-state index in [1.807, 2.05) is 23.1 Å². The number of carbonyl (C=O) groups excluding carboxylic acids is 1. The number of anilines is 1. The monoisotopic (exact) mass is 187 g/mol. The lowest BCUT2D eigenvalue weighted by Gasteiger charge is -2.28. The number of carbonyl (C=O) groups is 1. The van der Waals surface area contributed by atoms with E-state index in [1.54, 1.807) is 0 Å². The second-order valence-electron chi connectivity index (χ2n) is 3.40. The minimum atomic E-state index is -0.0794. The van der Waals surface area contributed by atoms with E-state index in [9.17, 15) is 4.79 Å². The molecule has 1 aromatic carbocycles. The first kappa shape index (κ1) is 7.55. The molecule has 3 rings (SSSR count). The third-order valence-electron chi connectivity index (χ3n) is 2.50. The summed E-state index contributed by atoms with van der Waals surface area (Å²) in [5.41, 5.74) is 2.30. The summed E-state index contributed by atoms with van der Waals surface area (Å²) < 4.78 is 0. The van der Waals surface area contributed by atoms with Crippen LogP contribution in [0.4, 0.5) is 5.69 Å². The number of benzene rings is 1. The summed E-state index contributed by atoms with van der Waals surface area (Å²) >= 11 is 0. The highest BCUT2D eigenvalue weighted by molar-refractivity contribution is 6.12. The average Bonchev–Trinajstić information content (AvgIpc) is 2.59. The predicted octanol–water partition coefficient (Wildman–Crippen LogP) is 0.492. The molecule has 14 heavy (non-hydrogen) atoms. The third-order valence-corrected chi connectivity index (χ3v) is 2.50. The predicted molar refractivity (Wildman–Crippen MR) is 53.1 cm³/mol. The molecule has 4 heteroatoms. The Morgan fingerprint density at radius 3 is 3.14 bits per heavy atom. The largest absolute Gasteiger partial charge is 0.351 e. The third kappa shape index (κ3) is 0.937. The molecule has 0 spiro atoms. The lowest BCUT2D eigenvalue weighted by molar-refractivity contribution is -0.115. The number of para-hydroxylation sites is 1. The van der Waals surface area contributed by atoms with Crippen molar-refractivity contribution in [2.45, 2.75) is 6.54 Å². The molecule has 2 heterocycles. The van der Waals surface area contributed by atoms with Crippen molar-refractivity contribution in [2.24, 2.45) is 4.99 Å². The summed E-state index contributed by atoms with van der Waals surface area (Å²) in [7, 11) is 0. The second kappa shape index (κ2) is 2.57. The van der Waals surface area contributed by atoms with Crippen molar-refractivity contribution in [1.29, 1.82) is 0 Å². The van der Waals surface area contributed by atoms with Crippen molar-refractivity contribution in [3.8, 4) is 0 Å². The standard InChI is InChI=1S/C10H9N3O/c14-9-6-13-8-4-2-1-3-7(8)5-11-10(13)12-9/h1-4H,5-6H2,(H,11,12,14). The van der Waals surface area contributed by atoms with Gasteiger partial charge in [0.2, 0.25) is 5.96 Å². The Bertz CT molecular complexity index is 439. The van der Waals surface area contributed by atoms with Gasteiger partial charge in [-0.1, -0.05) is 18.2 Å². The van der Waals surface area contributed by atoms with E-state index in [4.69, 9.17) is 0 Å². The van der Waals surface area contributed by atoms with Gasteiger partial charge in [0.1, 0.15) is 6.54 Å². The molecule has 2 aliphatic rings. The van der Waals surface area contributed by atoms with Gasteiger partial charge in [-0.05, 0) is 11.6 Å². The molecule has 0 aromatic heterocycles. The number of nitrogens with zero attached hydrogens (tertiary/aromatic N) is 2. The fourth-order valence-electron chi connectivity index (χ4n) is 1.86. The number of hydrogen-bond donors (Lipinski definition) is 1. The molecule has 1 aromatic rings. The van der Waals surface area contributed by atoms with Gasteiger partial charge in [-0.15, -0.1) is 0 Å². The highest BCUT2D eigenvalue weighted by Crippen LogP contribution is 2.25. The number of nitrogens with one attached hydrogen (secondary N) is 1. The molecule has 70 valence electrons. The SMILES string of the molecule is O=C1CN2C(=N1)NCc1ccccc12. The van der Waals surface area contributed by atoms with Crippen LogP contribution in [0, 0.1) is 0 Å². The summed E-state index contributed by atoms with van der Waals surface area (Å²) in [4.78, 5) is 17.0. The first-order chi connectivity index (χ1) is 6.84. The van der Waals surface area contributed by atoms with Crippen LogP contribution in [-0.4, -0.2) is 18.4 Å². The Kier molecular flexibility index (Phi) is 1.39. The molecular formula is C10H9N3O. The zero-order valence-electron chi connectivity index (χ0n) is 7.53. The smallest absolute Gasteiger partial charge is 0.268 e. The summed E-state index contributed by atoms with van der Waals surface area (Å²) in [6.45, 7) is 1.11. The van der Waals surface area contributed by atoms with E-state index in [2.05, 4.69) is 16.4 Å². The highest BCUT2D eigenvalue weighted by Gasteiger charge is 2.29. The van der Waals surface area contributed by atoms with E-state index < -0.39 is 0 Å². The summed E-state index contributed by atoms with van der Waals surface area (Å²) in [6, 6.07) is 8.05. The maximum Gasteiger partial charge on any atom is 0.268 e. The van der Waals surface area contributed by atoms with Crippen LogP contribution in [0.1, 0.15) is 5.56 Å². The quantitative estimate of drug-likeness (QED) is 0.643. The first-order valence-electron chi connectivity index (χ1n) is 4.55.